The number of rotatable bonds is 5. The largest absolute Gasteiger partial charge is 0.299 e. The molecule has 0 amide bonds. The predicted octanol–water partition coefficient (Wildman–Crippen LogP) is 2.70. The van der Waals surface area contributed by atoms with Gasteiger partial charge in [-0.15, -0.1) is 0 Å². The molecule has 17 heavy (non-hydrogen) atoms. The number of Topliss-reactive ketones (excluding diaryl/α,β-unsaturated/α-hetero) is 1. The highest BCUT2D eigenvalue weighted by Crippen LogP contribution is 2.23. The summed E-state index contributed by atoms with van der Waals surface area (Å²) in [4.78, 5) is 14.2. The zero-order valence-corrected chi connectivity index (χ0v) is 10.8. The Bertz CT molecular complexity index is 411. The SMILES string of the molecule is CCCN(C)CC(=O)c1ccc2c(c1)CCC2. The highest BCUT2D eigenvalue weighted by Gasteiger charge is 2.14. The van der Waals surface area contributed by atoms with Crippen molar-refractivity contribution >= 4 is 5.78 Å². The van der Waals surface area contributed by atoms with Gasteiger partial charge >= 0.3 is 0 Å². The predicted molar refractivity (Wildman–Crippen MR) is 70.6 cm³/mol. The van der Waals surface area contributed by atoms with Crippen molar-refractivity contribution in [3.63, 3.8) is 0 Å². The van der Waals surface area contributed by atoms with E-state index >= 15 is 0 Å². The summed E-state index contributed by atoms with van der Waals surface area (Å²) in [5.41, 5.74) is 3.70. The minimum Gasteiger partial charge on any atom is -0.299 e. The molecule has 0 heterocycles. The maximum absolute atomic E-state index is 12.1. The standard InChI is InChI=1S/C15H21NO/c1-3-9-16(2)11-15(17)14-8-7-12-5-4-6-13(12)10-14/h7-8,10H,3-6,9,11H2,1-2H3. The van der Waals surface area contributed by atoms with Crippen LogP contribution in [0.15, 0.2) is 18.2 Å². The molecular weight excluding hydrogens is 210 g/mol. The van der Waals surface area contributed by atoms with E-state index in [-0.39, 0.29) is 5.78 Å². The van der Waals surface area contributed by atoms with Crippen LogP contribution >= 0.6 is 0 Å². The molecule has 0 saturated carbocycles. The third kappa shape index (κ3) is 2.95. The molecule has 1 aromatic rings. The number of fused-ring (bicyclic) bond motifs is 1. The lowest BCUT2D eigenvalue weighted by Crippen LogP contribution is -2.26. The van der Waals surface area contributed by atoms with Gasteiger partial charge in [-0.25, -0.2) is 0 Å². The first-order chi connectivity index (χ1) is 8.20. The topological polar surface area (TPSA) is 20.3 Å². The fourth-order valence-corrected chi connectivity index (χ4v) is 2.54. The maximum atomic E-state index is 12.1. The highest BCUT2D eigenvalue weighted by atomic mass is 16.1. The number of hydrogen-bond donors (Lipinski definition) is 0. The lowest BCUT2D eigenvalue weighted by Gasteiger charge is -2.14. The molecule has 0 spiro atoms. The van der Waals surface area contributed by atoms with E-state index in [1.165, 1.54) is 24.0 Å². The molecule has 0 aliphatic heterocycles. The lowest BCUT2D eigenvalue weighted by atomic mass is 10.0. The number of ketones is 1. The van der Waals surface area contributed by atoms with Gasteiger partial charge in [-0.3, -0.25) is 9.69 Å². The number of carbonyl (C=O) groups excluding carboxylic acids is 1. The van der Waals surface area contributed by atoms with Crippen molar-refractivity contribution in [3.8, 4) is 0 Å². The van der Waals surface area contributed by atoms with Crippen LogP contribution in [-0.4, -0.2) is 30.8 Å². The van der Waals surface area contributed by atoms with Gasteiger partial charge in [0.15, 0.2) is 5.78 Å². The van der Waals surface area contributed by atoms with Crippen LogP contribution in [0.1, 0.15) is 41.3 Å². The molecule has 0 saturated heterocycles. The second-order valence-electron chi connectivity index (χ2n) is 5.00. The monoisotopic (exact) mass is 231 g/mol. The van der Waals surface area contributed by atoms with Crippen LogP contribution in [-0.2, 0) is 12.8 Å². The van der Waals surface area contributed by atoms with Crippen molar-refractivity contribution in [3.05, 3.63) is 34.9 Å². The van der Waals surface area contributed by atoms with Gasteiger partial charge in [-0.05, 0) is 56.5 Å². The molecule has 92 valence electrons. The zero-order valence-electron chi connectivity index (χ0n) is 10.8. The number of likely N-dealkylation sites (N-methyl/N-ethyl adjacent to an activating group) is 1. The van der Waals surface area contributed by atoms with Crippen molar-refractivity contribution < 1.29 is 4.79 Å². The normalized spacial score (nSPS) is 14.1. The van der Waals surface area contributed by atoms with Crippen LogP contribution < -0.4 is 0 Å². The number of aryl methyl sites for hydroxylation is 2. The molecule has 1 aliphatic carbocycles. The second kappa shape index (κ2) is 5.46. The highest BCUT2D eigenvalue weighted by molar-refractivity contribution is 5.97. The van der Waals surface area contributed by atoms with Gasteiger partial charge in [0.25, 0.3) is 0 Å². The molecule has 0 unspecified atom stereocenters. The Labute approximate surface area is 104 Å². The van der Waals surface area contributed by atoms with Gasteiger partial charge in [0, 0.05) is 5.56 Å². The molecule has 2 rings (SSSR count). The first-order valence-electron chi connectivity index (χ1n) is 6.54. The molecule has 0 fully saturated rings. The molecular formula is C15H21NO. The lowest BCUT2D eigenvalue weighted by molar-refractivity contribution is 0.0946. The smallest absolute Gasteiger partial charge is 0.176 e. The summed E-state index contributed by atoms with van der Waals surface area (Å²) in [7, 11) is 2.01. The van der Waals surface area contributed by atoms with E-state index < -0.39 is 0 Å². The Morgan fingerprint density at radius 3 is 2.82 bits per heavy atom. The summed E-state index contributed by atoms with van der Waals surface area (Å²) >= 11 is 0. The Balaban J connectivity index is 2.04. The average Bonchev–Trinajstić information content (AvgIpc) is 2.75. The molecule has 0 bridgehead atoms. The molecule has 0 N–H and O–H groups in total. The third-order valence-corrected chi connectivity index (χ3v) is 3.44. The van der Waals surface area contributed by atoms with Crippen LogP contribution in [0, 0.1) is 0 Å². The molecule has 0 aromatic heterocycles. The van der Waals surface area contributed by atoms with Crippen LogP contribution in [0.2, 0.25) is 0 Å². The summed E-state index contributed by atoms with van der Waals surface area (Å²) in [5, 5.41) is 0. The van der Waals surface area contributed by atoms with Crippen molar-refractivity contribution in [1.29, 1.82) is 0 Å². The summed E-state index contributed by atoms with van der Waals surface area (Å²) in [6.07, 6.45) is 4.65. The minimum absolute atomic E-state index is 0.246. The van der Waals surface area contributed by atoms with Crippen molar-refractivity contribution in [2.24, 2.45) is 0 Å². The summed E-state index contributed by atoms with van der Waals surface area (Å²) in [6.45, 7) is 3.65. The second-order valence-corrected chi connectivity index (χ2v) is 5.00. The first-order valence-corrected chi connectivity index (χ1v) is 6.54. The Kier molecular flexibility index (Phi) is 3.95. The van der Waals surface area contributed by atoms with Gasteiger partial charge < -0.3 is 0 Å². The number of carbonyl (C=O) groups is 1. The van der Waals surface area contributed by atoms with E-state index in [9.17, 15) is 4.79 Å². The van der Waals surface area contributed by atoms with Crippen LogP contribution in [0.5, 0.6) is 0 Å². The Hall–Kier alpha value is -1.15. The fraction of sp³-hybridized carbons (Fsp3) is 0.533. The number of nitrogens with zero attached hydrogens (tertiary/aromatic N) is 1. The molecule has 2 nitrogen and oxygen atoms in total. The third-order valence-electron chi connectivity index (χ3n) is 3.44. The molecule has 0 atom stereocenters. The van der Waals surface area contributed by atoms with Crippen molar-refractivity contribution in [2.75, 3.05) is 20.1 Å². The van der Waals surface area contributed by atoms with E-state index in [0.717, 1.165) is 24.9 Å². The number of hydrogen-bond acceptors (Lipinski definition) is 2. The summed E-state index contributed by atoms with van der Waals surface area (Å²) < 4.78 is 0. The van der Waals surface area contributed by atoms with Crippen molar-refractivity contribution in [1.82, 2.24) is 4.90 Å². The summed E-state index contributed by atoms with van der Waals surface area (Å²) in [6, 6.07) is 6.23. The van der Waals surface area contributed by atoms with E-state index in [2.05, 4.69) is 24.0 Å². The zero-order chi connectivity index (χ0) is 12.3. The Morgan fingerprint density at radius 1 is 1.29 bits per heavy atom. The first kappa shape index (κ1) is 12.3. The van der Waals surface area contributed by atoms with Gasteiger partial charge in [0.1, 0.15) is 0 Å². The van der Waals surface area contributed by atoms with Crippen LogP contribution in [0.3, 0.4) is 0 Å². The fourth-order valence-electron chi connectivity index (χ4n) is 2.54. The number of benzene rings is 1. The van der Waals surface area contributed by atoms with E-state index in [4.69, 9.17) is 0 Å². The average molecular weight is 231 g/mol. The Morgan fingerprint density at radius 2 is 2.06 bits per heavy atom. The van der Waals surface area contributed by atoms with E-state index in [0.29, 0.717) is 6.54 Å². The maximum Gasteiger partial charge on any atom is 0.176 e. The van der Waals surface area contributed by atoms with Gasteiger partial charge in [-0.2, -0.15) is 0 Å². The molecule has 1 aromatic carbocycles. The minimum atomic E-state index is 0.246. The van der Waals surface area contributed by atoms with Crippen LogP contribution in [0.25, 0.3) is 0 Å². The quantitative estimate of drug-likeness (QED) is 0.726. The molecule has 2 heteroatoms. The molecule has 0 radical (unpaired) electrons. The van der Waals surface area contributed by atoms with Gasteiger partial charge in [0.2, 0.25) is 0 Å². The van der Waals surface area contributed by atoms with E-state index in [1.54, 1.807) is 0 Å². The van der Waals surface area contributed by atoms with Gasteiger partial charge in [0.05, 0.1) is 6.54 Å². The summed E-state index contributed by atoms with van der Waals surface area (Å²) in [5.74, 6) is 0.246. The van der Waals surface area contributed by atoms with Crippen molar-refractivity contribution in [2.45, 2.75) is 32.6 Å². The van der Waals surface area contributed by atoms with Crippen LogP contribution in [0.4, 0.5) is 0 Å². The van der Waals surface area contributed by atoms with E-state index in [1.807, 2.05) is 13.1 Å². The molecule has 1 aliphatic rings. The van der Waals surface area contributed by atoms with Gasteiger partial charge in [-0.1, -0.05) is 19.1 Å².